The van der Waals surface area contributed by atoms with Gasteiger partial charge in [-0.3, -0.25) is 0 Å². The molecule has 4 nitrogen and oxygen atoms in total. The predicted molar refractivity (Wildman–Crippen MR) is 164 cm³/mol. The van der Waals surface area contributed by atoms with Crippen LogP contribution in [0.5, 0.6) is 0 Å². The van der Waals surface area contributed by atoms with Crippen LogP contribution in [0.2, 0.25) is 19.6 Å². The van der Waals surface area contributed by atoms with Gasteiger partial charge in [-0.2, -0.15) is 0 Å². The van der Waals surface area contributed by atoms with Gasteiger partial charge in [0, 0.05) is 44.1 Å². The van der Waals surface area contributed by atoms with Crippen molar-refractivity contribution in [3.05, 3.63) is 109 Å². The van der Waals surface area contributed by atoms with Crippen molar-refractivity contribution in [3.8, 4) is 22.5 Å². The second-order valence-corrected chi connectivity index (χ2v) is 16.2. The predicted octanol–water partition coefficient (Wildman–Crippen LogP) is 8.13. The minimum absolute atomic E-state index is 0. The van der Waals surface area contributed by atoms with E-state index in [1.54, 1.807) is 12.4 Å². The van der Waals surface area contributed by atoms with Crippen molar-refractivity contribution in [1.82, 2.24) is 15.0 Å². The maximum atomic E-state index is 5.76. The van der Waals surface area contributed by atoms with Crippen molar-refractivity contribution in [2.45, 2.75) is 39.9 Å². The van der Waals surface area contributed by atoms with Crippen LogP contribution in [0, 0.1) is 18.1 Å². The molecule has 2 aromatic carbocycles. The summed E-state index contributed by atoms with van der Waals surface area (Å²) in [6, 6.07) is 30.4. The van der Waals surface area contributed by atoms with Gasteiger partial charge in [-0.15, -0.1) is 53.6 Å². The van der Waals surface area contributed by atoms with Gasteiger partial charge < -0.3 is 14.4 Å². The van der Waals surface area contributed by atoms with E-state index in [-0.39, 0.29) is 20.1 Å². The SMILES string of the molecule is CC(C)Cc1cc(-c2[c-]cccc2)ncc1[Si](C)(C)C.[Ir].[c-]1ccc2oc3ncccc3c2c1-c1ccccn1. The van der Waals surface area contributed by atoms with E-state index in [2.05, 4.69) is 78.9 Å². The number of aromatic nitrogens is 3. The first-order valence-corrected chi connectivity index (χ1v) is 16.9. The summed E-state index contributed by atoms with van der Waals surface area (Å²) in [6.07, 6.45) is 6.75. The zero-order valence-corrected chi connectivity index (χ0v) is 26.9. The second-order valence-electron chi connectivity index (χ2n) is 11.1. The molecule has 0 aliphatic rings. The summed E-state index contributed by atoms with van der Waals surface area (Å²) in [5.41, 5.74) is 6.90. The summed E-state index contributed by atoms with van der Waals surface area (Å²) < 4.78 is 5.76. The zero-order chi connectivity index (χ0) is 27.4. The monoisotopic (exact) mass is 720 g/mol. The Labute approximate surface area is 251 Å². The van der Waals surface area contributed by atoms with Crippen molar-refractivity contribution < 1.29 is 24.5 Å². The molecule has 0 spiro atoms. The molecule has 0 amide bonds. The zero-order valence-electron chi connectivity index (χ0n) is 23.5. The number of hydrogen-bond acceptors (Lipinski definition) is 4. The van der Waals surface area contributed by atoms with Gasteiger partial charge in [0.2, 0.25) is 5.71 Å². The molecule has 0 N–H and O–H groups in total. The smallest absolute Gasteiger partial charge is 0.215 e. The Bertz CT molecular complexity index is 1690. The molecule has 40 heavy (non-hydrogen) atoms. The molecule has 0 fully saturated rings. The maximum Gasteiger partial charge on any atom is 0.215 e. The largest absolute Gasteiger partial charge is 0.458 e. The van der Waals surface area contributed by atoms with Gasteiger partial charge in [0.25, 0.3) is 0 Å². The number of fused-ring (bicyclic) bond motifs is 3. The first kappa shape index (κ1) is 29.5. The van der Waals surface area contributed by atoms with E-state index in [1.165, 1.54) is 10.8 Å². The number of nitrogens with zero attached hydrogens (tertiary/aromatic N) is 3. The van der Waals surface area contributed by atoms with Gasteiger partial charge in [-0.1, -0.05) is 74.8 Å². The summed E-state index contributed by atoms with van der Waals surface area (Å²) in [5, 5.41) is 3.50. The molecular formula is C34H33IrN3OSi-2. The van der Waals surface area contributed by atoms with Crippen LogP contribution >= 0.6 is 0 Å². The number of benzene rings is 2. The van der Waals surface area contributed by atoms with Crippen LogP contribution < -0.4 is 5.19 Å². The molecule has 4 heterocycles. The first-order chi connectivity index (χ1) is 18.8. The Morgan fingerprint density at radius 1 is 0.825 bits per heavy atom. The van der Waals surface area contributed by atoms with Crippen LogP contribution in [0.4, 0.5) is 0 Å². The molecule has 0 unspecified atom stereocenters. The van der Waals surface area contributed by atoms with E-state index in [0.29, 0.717) is 11.6 Å². The number of furan rings is 1. The molecule has 205 valence electrons. The normalized spacial score (nSPS) is 11.2. The van der Waals surface area contributed by atoms with Crippen molar-refractivity contribution in [2.24, 2.45) is 5.92 Å². The quantitative estimate of drug-likeness (QED) is 0.133. The maximum absolute atomic E-state index is 5.76. The van der Waals surface area contributed by atoms with Crippen molar-refractivity contribution >= 4 is 35.3 Å². The van der Waals surface area contributed by atoms with Gasteiger partial charge in [-0.05, 0) is 41.0 Å². The molecular weight excluding hydrogens is 687 g/mol. The molecule has 0 bridgehead atoms. The van der Waals surface area contributed by atoms with E-state index < -0.39 is 8.07 Å². The summed E-state index contributed by atoms with van der Waals surface area (Å²) in [4.78, 5) is 13.3. The number of rotatable bonds is 5. The van der Waals surface area contributed by atoms with Gasteiger partial charge in [0.05, 0.1) is 13.7 Å². The third kappa shape index (κ3) is 6.64. The Hall–Kier alpha value is -3.44. The Morgan fingerprint density at radius 2 is 1.62 bits per heavy atom. The van der Waals surface area contributed by atoms with Gasteiger partial charge in [0.15, 0.2) is 0 Å². The fraction of sp³-hybridized carbons (Fsp3) is 0.206. The van der Waals surface area contributed by atoms with E-state index >= 15 is 0 Å². The molecule has 4 aromatic heterocycles. The van der Waals surface area contributed by atoms with Gasteiger partial charge >= 0.3 is 0 Å². The summed E-state index contributed by atoms with van der Waals surface area (Å²) in [7, 11) is -1.34. The fourth-order valence-corrected chi connectivity index (χ4v) is 6.38. The Morgan fingerprint density at radius 3 is 2.33 bits per heavy atom. The minimum atomic E-state index is -1.34. The fourth-order valence-electron chi connectivity index (χ4n) is 4.79. The molecule has 6 rings (SSSR count). The molecule has 0 saturated heterocycles. The van der Waals surface area contributed by atoms with Crippen LogP contribution in [0.25, 0.3) is 44.6 Å². The number of hydrogen-bond donors (Lipinski definition) is 0. The minimum Gasteiger partial charge on any atom is -0.458 e. The standard InChI is InChI=1S/C18H24NSi.C16H9N2O.Ir/c1-14(2)11-16-12-17(15-9-7-6-8-10-15)19-13-18(16)20(3,4)5;1-2-9-17-13(7-1)11-5-3-8-14-15(11)12-6-4-10-18-16(12)19-14;/h6-9,12-14H,11H2,1-5H3;1-4,6-10H;/q2*-1;. The molecule has 0 atom stereocenters. The summed E-state index contributed by atoms with van der Waals surface area (Å²) >= 11 is 0. The van der Waals surface area contributed by atoms with Crippen molar-refractivity contribution in [1.29, 1.82) is 0 Å². The first-order valence-electron chi connectivity index (χ1n) is 13.4. The molecule has 6 heteroatoms. The van der Waals surface area contributed by atoms with Crippen LogP contribution in [0.3, 0.4) is 0 Å². The Balaban J connectivity index is 0.000000180. The van der Waals surface area contributed by atoms with Crippen LogP contribution in [0.1, 0.15) is 19.4 Å². The topological polar surface area (TPSA) is 51.8 Å². The molecule has 0 saturated carbocycles. The van der Waals surface area contributed by atoms with E-state index in [9.17, 15) is 0 Å². The van der Waals surface area contributed by atoms with E-state index in [1.807, 2.05) is 60.7 Å². The van der Waals surface area contributed by atoms with Gasteiger partial charge in [0.1, 0.15) is 0 Å². The second kappa shape index (κ2) is 12.8. The molecule has 0 aliphatic heterocycles. The van der Waals surface area contributed by atoms with Crippen LogP contribution in [-0.4, -0.2) is 23.0 Å². The Kier molecular flexibility index (Phi) is 9.46. The molecule has 1 radical (unpaired) electrons. The van der Waals surface area contributed by atoms with E-state index in [4.69, 9.17) is 4.42 Å². The van der Waals surface area contributed by atoms with E-state index in [0.717, 1.165) is 45.3 Å². The van der Waals surface area contributed by atoms with Gasteiger partial charge in [-0.25, -0.2) is 4.98 Å². The third-order valence-electron chi connectivity index (χ3n) is 6.54. The number of pyridine rings is 3. The van der Waals surface area contributed by atoms with Crippen molar-refractivity contribution in [3.63, 3.8) is 0 Å². The average molecular weight is 720 g/mol. The third-order valence-corrected chi connectivity index (χ3v) is 8.60. The van der Waals surface area contributed by atoms with Crippen LogP contribution in [-0.2, 0) is 26.5 Å². The summed E-state index contributed by atoms with van der Waals surface area (Å²) in [6.45, 7) is 11.7. The summed E-state index contributed by atoms with van der Waals surface area (Å²) in [5.74, 6) is 0.667. The molecule has 6 aromatic rings. The van der Waals surface area contributed by atoms with Crippen molar-refractivity contribution in [2.75, 3.05) is 0 Å². The average Bonchev–Trinajstić information content (AvgIpc) is 3.32. The van der Waals surface area contributed by atoms with Crippen LogP contribution in [0.15, 0.2) is 95.8 Å². The molecule has 0 aliphatic carbocycles.